The van der Waals surface area contributed by atoms with Crippen LogP contribution >= 0.6 is 0 Å². The van der Waals surface area contributed by atoms with Gasteiger partial charge >= 0.3 is 5.69 Å². The largest absolute Gasteiger partial charge is 0.333 e. The molecule has 8 heteroatoms. The summed E-state index contributed by atoms with van der Waals surface area (Å²) in [5.74, 6) is -0.463. The van der Waals surface area contributed by atoms with E-state index in [4.69, 9.17) is 0 Å². The number of rotatable bonds is 4. The first-order valence-electron chi connectivity index (χ1n) is 9.52. The number of para-hydroxylation sites is 1. The van der Waals surface area contributed by atoms with Crippen LogP contribution in [0.3, 0.4) is 0 Å². The van der Waals surface area contributed by atoms with Crippen molar-refractivity contribution in [1.29, 1.82) is 0 Å². The molecule has 0 radical (unpaired) electrons. The van der Waals surface area contributed by atoms with E-state index in [1.807, 2.05) is 0 Å². The molecule has 1 aliphatic rings. The number of halogens is 1. The predicted octanol–water partition coefficient (Wildman–Crippen LogP) is 1.39. The Bertz CT molecular complexity index is 1170. The molecule has 1 saturated heterocycles. The van der Waals surface area contributed by atoms with Crippen LogP contribution in [0.15, 0.2) is 58.1 Å². The second-order valence-electron chi connectivity index (χ2n) is 7.04. The number of aryl methyl sites for hydroxylation is 1. The van der Waals surface area contributed by atoms with E-state index in [2.05, 4.69) is 10.3 Å². The van der Waals surface area contributed by atoms with Gasteiger partial charge in [-0.25, -0.2) is 9.18 Å². The molecule has 29 heavy (non-hydrogen) atoms. The van der Waals surface area contributed by atoms with Crippen molar-refractivity contribution in [3.8, 4) is 0 Å². The first kappa shape index (κ1) is 19.1. The van der Waals surface area contributed by atoms with Gasteiger partial charge in [-0.15, -0.1) is 0 Å². The molecule has 4 rings (SSSR count). The average Bonchev–Trinajstić information content (AvgIpc) is 2.73. The number of hydrogen-bond donors (Lipinski definition) is 2. The van der Waals surface area contributed by atoms with Gasteiger partial charge in [0.15, 0.2) is 0 Å². The van der Waals surface area contributed by atoms with E-state index < -0.39 is 11.2 Å². The lowest BCUT2D eigenvalue weighted by Gasteiger charge is -2.36. The topological polar surface area (TPSA) is 87.2 Å². The van der Waals surface area contributed by atoms with Crippen LogP contribution in [0.2, 0.25) is 0 Å². The number of fused-ring (bicyclic) bond motifs is 1. The molecule has 0 saturated carbocycles. The summed E-state index contributed by atoms with van der Waals surface area (Å²) in [6.45, 7) is 1.84. The molecular weight excluding hydrogens is 375 g/mol. The zero-order valence-corrected chi connectivity index (χ0v) is 15.7. The number of piperazine rings is 1. The number of aromatic amines is 1. The molecular formula is C21H21FN4O3. The van der Waals surface area contributed by atoms with Crippen molar-refractivity contribution in [2.24, 2.45) is 0 Å². The summed E-state index contributed by atoms with van der Waals surface area (Å²) in [7, 11) is 0. The Balaban J connectivity index is 1.57. The molecule has 0 aliphatic carbocycles. The number of carbonyl (C=O) groups is 1. The van der Waals surface area contributed by atoms with Crippen molar-refractivity contribution in [3.63, 3.8) is 0 Å². The van der Waals surface area contributed by atoms with Gasteiger partial charge in [0.1, 0.15) is 5.82 Å². The average molecular weight is 396 g/mol. The van der Waals surface area contributed by atoms with Crippen LogP contribution < -0.4 is 16.6 Å². The highest BCUT2D eigenvalue weighted by atomic mass is 19.1. The quantitative estimate of drug-likeness (QED) is 0.698. The summed E-state index contributed by atoms with van der Waals surface area (Å²) in [5.41, 5.74) is 0.248. The Morgan fingerprint density at radius 3 is 2.79 bits per heavy atom. The summed E-state index contributed by atoms with van der Waals surface area (Å²) in [5, 5.41) is 3.64. The van der Waals surface area contributed by atoms with E-state index >= 15 is 0 Å². The third-order valence-corrected chi connectivity index (χ3v) is 5.25. The van der Waals surface area contributed by atoms with Crippen LogP contribution in [0.4, 0.5) is 4.39 Å². The molecule has 1 unspecified atom stereocenters. The number of benzene rings is 2. The van der Waals surface area contributed by atoms with Gasteiger partial charge in [-0.05, 0) is 29.8 Å². The van der Waals surface area contributed by atoms with Gasteiger partial charge in [0.05, 0.1) is 16.9 Å². The standard InChI is InChI=1S/C21H21FN4O3/c22-15-5-3-4-14(12-15)18-13-23-9-11-25(18)19(27)8-10-26-17-7-2-1-6-16(17)20(28)24-21(26)29/h1-7,12,18,23H,8-11,13H2,(H,24,28,29). The Morgan fingerprint density at radius 1 is 1.14 bits per heavy atom. The van der Waals surface area contributed by atoms with Crippen molar-refractivity contribution >= 4 is 16.8 Å². The van der Waals surface area contributed by atoms with Gasteiger partial charge in [-0.3, -0.25) is 19.1 Å². The van der Waals surface area contributed by atoms with Gasteiger partial charge in [-0.1, -0.05) is 24.3 Å². The highest BCUT2D eigenvalue weighted by Crippen LogP contribution is 2.23. The van der Waals surface area contributed by atoms with E-state index in [1.165, 1.54) is 16.7 Å². The number of nitrogens with zero attached hydrogens (tertiary/aromatic N) is 2. The lowest BCUT2D eigenvalue weighted by atomic mass is 10.0. The molecule has 1 atom stereocenters. The third kappa shape index (κ3) is 3.84. The number of nitrogens with one attached hydrogen (secondary N) is 2. The molecule has 0 bridgehead atoms. The van der Waals surface area contributed by atoms with Gasteiger partial charge in [0, 0.05) is 32.6 Å². The normalized spacial score (nSPS) is 16.9. The minimum absolute atomic E-state index is 0.0990. The molecule has 1 amide bonds. The first-order chi connectivity index (χ1) is 14.0. The zero-order chi connectivity index (χ0) is 20.4. The van der Waals surface area contributed by atoms with E-state index in [1.54, 1.807) is 41.3 Å². The van der Waals surface area contributed by atoms with Crippen molar-refractivity contribution in [1.82, 2.24) is 19.8 Å². The highest BCUT2D eigenvalue weighted by molar-refractivity contribution is 5.79. The molecule has 2 heterocycles. The van der Waals surface area contributed by atoms with Crippen LogP contribution in [-0.2, 0) is 11.3 Å². The minimum atomic E-state index is -0.538. The van der Waals surface area contributed by atoms with E-state index in [0.29, 0.717) is 30.5 Å². The summed E-state index contributed by atoms with van der Waals surface area (Å²) in [6.07, 6.45) is 0.0990. The maximum absolute atomic E-state index is 13.7. The Labute approximate surface area is 165 Å². The van der Waals surface area contributed by atoms with Crippen molar-refractivity contribution in [3.05, 3.63) is 80.7 Å². The van der Waals surface area contributed by atoms with E-state index in [9.17, 15) is 18.8 Å². The Morgan fingerprint density at radius 2 is 1.97 bits per heavy atom. The molecule has 7 nitrogen and oxygen atoms in total. The van der Waals surface area contributed by atoms with Crippen LogP contribution in [0.1, 0.15) is 18.0 Å². The van der Waals surface area contributed by atoms with Gasteiger partial charge < -0.3 is 10.2 Å². The fourth-order valence-corrected chi connectivity index (χ4v) is 3.83. The first-order valence-corrected chi connectivity index (χ1v) is 9.52. The third-order valence-electron chi connectivity index (χ3n) is 5.25. The molecule has 1 fully saturated rings. The summed E-state index contributed by atoms with van der Waals surface area (Å²) >= 11 is 0. The molecule has 1 aliphatic heterocycles. The molecule has 2 N–H and O–H groups in total. The highest BCUT2D eigenvalue weighted by Gasteiger charge is 2.28. The summed E-state index contributed by atoms with van der Waals surface area (Å²) < 4.78 is 15.1. The molecule has 2 aromatic carbocycles. The SMILES string of the molecule is O=C(CCn1c(=O)[nH]c(=O)c2ccccc21)N1CCNCC1c1cccc(F)c1. The Hall–Kier alpha value is -3.26. The minimum Gasteiger partial charge on any atom is -0.333 e. The fraction of sp³-hybridized carbons (Fsp3) is 0.286. The number of carbonyl (C=O) groups excluding carboxylic acids is 1. The van der Waals surface area contributed by atoms with Crippen LogP contribution in [0.25, 0.3) is 10.9 Å². The van der Waals surface area contributed by atoms with Gasteiger partial charge in [-0.2, -0.15) is 0 Å². The van der Waals surface area contributed by atoms with Crippen LogP contribution in [0, 0.1) is 5.82 Å². The number of hydrogen-bond acceptors (Lipinski definition) is 4. The Kier molecular flexibility index (Phi) is 5.26. The van der Waals surface area contributed by atoms with E-state index in [0.717, 1.165) is 5.56 Å². The number of amides is 1. The van der Waals surface area contributed by atoms with E-state index in [-0.39, 0.29) is 30.7 Å². The molecule has 3 aromatic rings. The van der Waals surface area contributed by atoms with Crippen LogP contribution in [0.5, 0.6) is 0 Å². The lowest BCUT2D eigenvalue weighted by Crippen LogP contribution is -2.49. The fourth-order valence-electron chi connectivity index (χ4n) is 3.83. The maximum atomic E-state index is 13.7. The van der Waals surface area contributed by atoms with Crippen molar-refractivity contribution in [2.45, 2.75) is 19.0 Å². The second kappa shape index (κ2) is 8.00. The number of H-pyrrole nitrogens is 1. The van der Waals surface area contributed by atoms with Crippen molar-refractivity contribution < 1.29 is 9.18 Å². The zero-order valence-electron chi connectivity index (χ0n) is 15.7. The summed E-state index contributed by atoms with van der Waals surface area (Å²) in [6, 6.07) is 12.8. The maximum Gasteiger partial charge on any atom is 0.328 e. The molecule has 150 valence electrons. The summed E-state index contributed by atoms with van der Waals surface area (Å²) in [4.78, 5) is 41.3. The van der Waals surface area contributed by atoms with Crippen molar-refractivity contribution in [2.75, 3.05) is 19.6 Å². The lowest BCUT2D eigenvalue weighted by molar-refractivity contribution is -0.134. The molecule has 0 spiro atoms. The van der Waals surface area contributed by atoms with Gasteiger partial charge in [0.25, 0.3) is 5.56 Å². The molecule has 1 aromatic heterocycles. The van der Waals surface area contributed by atoms with Crippen LogP contribution in [-0.4, -0.2) is 40.0 Å². The van der Waals surface area contributed by atoms with Gasteiger partial charge in [0.2, 0.25) is 5.91 Å². The number of aromatic nitrogens is 2. The smallest absolute Gasteiger partial charge is 0.328 e. The second-order valence-corrected chi connectivity index (χ2v) is 7.04. The predicted molar refractivity (Wildman–Crippen MR) is 107 cm³/mol. The monoisotopic (exact) mass is 396 g/mol.